The molecule has 2 N–H and O–H groups in total. The van der Waals surface area contributed by atoms with E-state index >= 15 is 0 Å². The number of carbonyl (C=O) groups excluding carboxylic acids is 2. The zero-order valence-electron chi connectivity index (χ0n) is 47.1. The summed E-state index contributed by atoms with van der Waals surface area (Å²) in [7, 11) is 0. The molecule has 0 fully saturated rings. The third-order valence-corrected chi connectivity index (χ3v) is 15.4. The van der Waals surface area contributed by atoms with Crippen LogP contribution in [0, 0.1) is 10.8 Å². The van der Waals surface area contributed by atoms with Crippen molar-refractivity contribution in [3.05, 3.63) is 212 Å². The average Bonchev–Trinajstić information content (AvgIpc) is 4.04. The fraction of sp³-hybridized carbons (Fsp3) is 0.382. The second-order valence-corrected chi connectivity index (χ2v) is 24.1. The van der Waals surface area contributed by atoms with Crippen LogP contribution < -0.4 is 0 Å². The molecule has 0 saturated heterocycles. The smallest absolute Gasteiger partial charge is 0.187 e. The summed E-state index contributed by atoms with van der Waals surface area (Å²) < 4.78 is 0. The summed E-state index contributed by atoms with van der Waals surface area (Å²) in [6.07, 6.45) is 41.2. The zero-order valence-corrected chi connectivity index (χ0v) is 47.1. The molecule has 3 aromatic rings. The normalized spacial score (nSPS) is 19.8. The molecule has 2 aliphatic heterocycles. The highest BCUT2D eigenvalue weighted by Crippen LogP contribution is 2.42. The molecule has 0 atom stereocenters. The molecule has 0 saturated carbocycles. The molecule has 4 aliphatic rings. The van der Waals surface area contributed by atoms with E-state index in [2.05, 4.69) is 154 Å². The van der Waals surface area contributed by atoms with Crippen LogP contribution in [0.5, 0.6) is 0 Å². The molecule has 6 heteroatoms. The molecule has 0 radical (unpaired) electrons. The molecular formula is C68H82N4O2. The van der Waals surface area contributed by atoms with Crippen molar-refractivity contribution in [2.75, 3.05) is 0 Å². The number of fused-ring (bicyclic) bond motifs is 8. The SMILES string of the molecule is CC1=C(/C=C/C(C)=C/C=C/C(C)=C/C=C/C(=O)c2cc3cc4nc(cc5[nH]c(cc6nc(cc2[nH]3)CC6(C)C)cc5C(=O)/C=C/C=C(C)/C=C/C=C(C)/C=C/C2=C(C)CCCC2(C)C)CC4(C)C)C(C)(C)CCC1. The molecular weight excluding hydrogens is 905 g/mol. The van der Waals surface area contributed by atoms with Gasteiger partial charge in [-0.2, -0.15) is 0 Å². The Morgan fingerprint density at radius 1 is 0.473 bits per heavy atom. The van der Waals surface area contributed by atoms with Crippen molar-refractivity contribution < 1.29 is 9.59 Å². The summed E-state index contributed by atoms with van der Waals surface area (Å²) in [6, 6.07) is 12.0. The van der Waals surface area contributed by atoms with Gasteiger partial charge >= 0.3 is 0 Å². The van der Waals surface area contributed by atoms with Crippen LogP contribution in [-0.4, -0.2) is 31.5 Å². The summed E-state index contributed by atoms with van der Waals surface area (Å²) in [5.41, 5.74) is 17.9. The molecule has 7 rings (SSSR count). The Kier molecular flexibility index (Phi) is 17.0. The number of aromatic nitrogens is 4. The minimum Gasteiger partial charge on any atom is -0.355 e. The van der Waals surface area contributed by atoms with Crippen LogP contribution in [0.25, 0.3) is 22.1 Å². The van der Waals surface area contributed by atoms with E-state index in [9.17, 15) is 9.59 Å². The highest BCUT2D eigenvalue weighted by molar-refractivity contribution is 6.11. The van der Waals surface area contributed by atoms with Gasteiger partial charge in [0.25, 0.3) is 0 Å². The van der Waals surface area contributed by atoms with Crippen LogP contribution in [0.4, 0.5) is 0 Å². The summed E-state index contributed by atoms with van der Waals surface area (Å²) in [4.78, 5) is 45.5. The number of aromatic amines is 2. The van der Waals surface area contributed by atoms with E-state index in [4.69, 9.17) is 9.97 Å². The van der Waals surface area contributed by atoms with Crippen molar-refractivity contribution in [2.45, 2.75) is 159 Å². The standard InChI is InChI=1S/C68H82N4O2/c1-45(21-15-23-47(3)31-33-57-49(5)27-19-35-65(57,7)8)25-17-29-61(73)55-37-51-41-63-68(13,14)44-54(72-63)40-60-56(38-52(70-60)42-64-67(11,12)43-53(71-64)39-59(55)69-51)62(74)30-18-26-46(2)22-16-24-48(4)32-34-58-50(6)28-20-36-66(58,9)10/h15-18,21-26,29-34,37-42,69-70H,19-20,27-28,35-36,43-44H2,1-14H3/b21-15+,22-16+,29-17+,30-18+,33-31+,34-32+,45-25+,46-26+,47-23+,48-24+,51-41?,52-42?,53-39?,54-40?,59-39?,60-40?,63-41?,64-42?. The third kappa shape index (κ3) is 13.9. The van der Waals surface area contributed by atoms with Gasteiger partial charge < -0.3 is 9.97 Å². The number of rotatable bonds is 14. The van der Waals surface area contributed by atoms with Crippen LogP contribution in [0.1, 0.15) is 179 Å². The molecule has 0 unspecified atom stereocenters. The highest BCUT2D eigenvalue weighted by Gasteiger charge is 2.31. The first kappa shape index (κ1) is 55.1. The highest BCUT2D eigenvalue weighted by atomic mass is 16.1. The van der Waals surface area contributed by atoms with E-state index in [1.807, 2.05) is 74.5 Å². The van der Waals surface area contributed by atoms with Gasteiger partial charge in [0.2, 0.25) is 0 Å². The Hall–Kier alpha value is -6.66. The van der Waals surface area contributed by atoms with E-state index in [1.165, 1.54) is 72.0 Å². The predicted octanol–water partition coefficient (Wildman–Crippen LogP) is 17.9. The lowest BCUT2D eigenvalue weighted by Gasteiger charge is -2.33. The Morgan fingerprint density at radius 2 is 0.824 bits per heavy atom. The van der Waals surface area contributed by atoms with Gasteiger partial charge in [-0.05, 0) is 151 Å². The minimum absolute atomic E-state index is 0.0964. The lowest BCUT2D eigenvalue weighted by Crippen LogP contribution is -2.19. The first-order valence-corrected chi connectivity index (χ1v) is 26.9. The van der Waals surface area contributed by atoms with Crippen molar-refractivity contribution in [3.8, 4) is 0 Å². The largest absolute Gasteiger partial charge is 0.355 e. The number of hydrogen-bond acceptors (Lipinski definition) is 4. The Morgan fingerprint density at radius 3 is 1.19 bits per heavy atom. The number of nitrogens with one attached hydrogen (secondary N) is 2. The fourth-order valence-electron chi connectivity index (χ4n) is 10.9. The lowest BCUT2D eigenvalue weighted by atomic mass is 9.72. The molecule has 386 valence electrons. The first-order chi connectivity index (χ1) is 34.9. The zero-order chi connectivity index (χ0) is 53.6. The maximum atomic E-state index is 14.0. The monoisotopic (exact) mass is 987 g/mol. The van der Waals surface area contributed by atoms with Crippen molar-refractivity contribution in [2.24, 2.45) is 10.8 Å². The number of hydrogen-bond donors (Lipinski definition) is 2. The summed E-state index contributed by atoms with van der Waals surface area (Å²) >= 11 is 0. The number of ketones is 2. The Labute approximate surface area is 443 Å². The lowest BCUT2D eigenvalue weighted by molar-refractivity contribution is 0.104. The maximum Gasteiger partial charge on any atom is 0.187 e. The van der Waals surface area contributed by atoms with Gasteiger partial charge in [-0.25, -0.2) is 0 Å². The van der Waals surface area contributed by atoms with Crippen molar-refractivity contribution >= 4 is 33.6 Å². The number of H-pyrrole nitrogens is 2. The molecule has 6 nitrogen and oxygen atoms in total. The van der Waals surface area contributed by atoms with E-state index < -0.39 is 0 Å². The van der Waals surface area contributed by atoms with Crippen molar-refractivity contribution in [3.63, 3.8) is 0 Å². The summed E-state index contributed by atoms with van der Waals surface area (Å²) in [6.45, 7) is 31.0. The third-order valence-electron chi connectivity index (χ3n) is 15.4. The number of carbonyl (C=O) groups is 2. The maximum absolute atomic E-state index is 14.0. The molecule has 74 heavy (non-hydrogen) atoms. The van der Waals surface area contributed by atoms with E-state index in [-0.39, 0.29) is 33.2 Å². The quantitative estimate of drug-likeness (QED) is 0.0956. The van der Waals surface area contributed by atoms with Gasteiger partial charge in [0.1, 0.15) is 0 Å². The fourth-order valence-corrected chi connectivity index (χ4v) is 10.9. The van der Waals surface area contributed by atoms with E-state index in [0.717, 1.165) is 45.0 Å². The van der Waals surface area contributed by atoms with E-state index in [0.29, 0.717) is 35.0 Å². The van der Waals surface area contributed by atoms with Gasteiger partial charge in [0.15, 0.2) is 11.6 Å². The average molecular weight is 987 g/mol. The second-order valence-electron chi connectivity index (χ2n) is 24.1. The van der Waals surface area contributed by atoms with Gasteiger partial charge in [-0.15, -0.1) is 0 Å². The number of allylic oxidation sites excluding steroid dienone is 24. The van der Waals surface area contributed by atoms with Gasteiger partial charge in [-0.1, -0.05) is 174 Å². The molecule has 8 bridgehead atoms. The Balaban J connectivity index is 1.14. The van der Waals surface area contributed by atoms with E-state index in [1.54, 1.807) is 12.2 Å². The topological polar surface area (TPSA) is 91.5 Å². The molecule has 2 aliphatic carbocycles. The number of nitrogens with zero attached hydrogens (tertiary/aromatic N) is 2. The van der Waals surface area contributed by atoms with Gasteiger partial charge in [0.05, 0.1) is 11.0 Å². The van der Waals surface area contributed by atoms with Crippen LogP contribution in [-0.2, 0) is 23.7 Å². The summed E-state index contributed by atoms with van der Waals surface area (Å²) in [5, 5.41) is 0. The van der Waals surface area contributed by atoms with Crippen LogP contribution >= 0.6 is 0 Å². The second kappa shape index (κ2) is 22.8. The van der Waals surface area contributed by atoms with Gasteiger partial charge in [-0.3, -0.25) is 19.6 Å². The molecule has 3 aromatic heterocycles. The Bertz CT molecular complexity index is 3030. The van der Waals surface area contributed by atoms with Crippen LogP contribution in [0.2, 0.25) is 0 Å². The molecule has 5 heterocycles. The molecule has 0 spiro atoms. The molecule has 0 amide bonds. The summed E-state index contributed by atoms with van der Waals surface area (Å²) in [5.74, 6) is -0.193. The van der Waals surface area contributed by atoms with Crippen molar-refractivity contribution in [1.29, 1.82) is 0 Å². The minimum atomic E-state index is -0.293. The molecule has 0 aromatic carbocycles. The van der Waals surface area contributed by atoms with Crippen LogP contribution in [0.15, 0.2) is 178 Å². The predicted molar refractivity (Wildman–Crippen MR) is 314 cm³/mol. The van der Waals surface area contributed by atoms with Crippen LogP contribution in [0.3, 0.4) is 0 Å². The van der Waals surface area contributed by atoms with Gasteiger partial charge in [0, 0.05) is 68.6 Å². The first-order valence-electron chi connectivity index (χ1n) is 26.9. The van der Waals surface area contributed by atoms with Crippen molar-refractivity contribution in [1.82, 2.24) is 19.9 Å².